The average Bonchev–Trinajstić information content (AvgIpc) is 2.84. The van der Waals surface area contributed by atoms with Crippen molar-refractivity contribution in [2.24, 2.45) is 0 Å². The second-order valence-electron chi connectivity index (χ2n) is 5.13. The Kier molecular flexibility index (Phi) is 2.08. The van der Waals surface area contributed by atoms with Crippen molar-refractivity contribution in [1.82, 2.24) is 14.8 Å². The summed E-state index contributed by atoms with van der Waals surface area (Å²) in [5, 5.41) is 8.55. The van der Waals surface area contributed by atoms with Crippen LogP contribution in [-0.4, -0.2) is 14.8 Å². The van der Waals surface area contributed by atoms with E-state index in [0.717, 1.165) is 6.04 Å². The maximum atomic E-state index is 4.42. The molecule has 0 unspecified atom stereocenters. The lowest BCUT2D eigenvalue weighted by atomic mass is 9.82. The summed E-state index contributed by atoms with van der Waals surface area (Å²) in [6.07, 6.45) is 11.2. The van der Waals surface area contributed by atoms with Crippen molar-refractivity contribution < 1.29 is 0 Å². The van der Waals surface area contributed by atoms with Crippen LogP contribution in [0.25, 0.3) is 0 Å². The van der Waals surface area contributed by atoms with Crippen molar-refractivity contribution in [3.8, 4) is 0 Å². The van der Waals surface area contributed by atoms with Crippen molar-refractivity contribution in [2.45, 2.75) is 63.3 Å². The Labute approximate surface area is 90.9 Å². The summed E-state index contributed by atoms with van der Waals surface area (Å²) >= 11 is 0. The predicted octanol–water partition coefficient (Wildman–Crippen LogP) is 2.83. The first-order chi connectivity index (χ1) is 7.36. The molecule has 3 nitrogen and oxygen atoms in total. The van der Waals surface area contributed by atoms with Gasteiger partial charge in [-0.3, -0.25) is 0 Å². The molecular weight excluding hydrogens is 186 g/mol. The maximum absolute atomic E-state index is 4.42. The van der Waals surface area contributed by atoms with Gasteiger partial charge in [-0.05, 0) is 32.1 Å². The average molecular weight is 205 g/mol. The van der Waals surface area contributed by atoms with Crippen molar-refractivity contribution >= 4 is 0 Å². The number of hydrogen-bond acceptors (Lipinski definition) is 2. The molecule has 0 radical (unpaired) electrons. The summed E-state index contributed by atoms with van der Waals surface area (Å²) < 4.78 is 2.36. The molecule has 1 aromatic heterocycles. The number of nitrogens with zero attached hydrogens (tertiary/aromatic N) is 3. The monoisotopic (exact) mass is 205 g/mol. The maximum Gasteiger partial charge on any atom is 0.139 e. The quantitative estimate of drug-likeness (QED) is 0.759. The molecule has 0 N–H and O–H groups in total. The highest BCUT2D eigenvalue weighted by atomic mass is 15.3. The van der Waals surface area contributed by atoms with Gasteiger partial charge in [-0.2, -0.15) is 0 Å². The van der Waals surface area contributed by atoms with E-state index in [1.54, 1.807) is 0 Å². The first kappa shape index (κ1) is 9.37. The zero-order valence-corrected chi connectivity index (χ0v) is 9.45. The Morgan fingerprint density at radius 3 is 2.73 bits per heavy atom. The normalized spacial score (nSPS) is 24.6. The molecule has 0 atom stereocenters. The first-order valence-electron chi connectivity index (χ1n) is 6.26. The SMILES string of the molecule is CCC1(c2nncn2C2CC2)CCCC1. The summed E-state index contributed by atoms with van der Waals surface area (Å²) in [5.41, 5.74) is 0.360. The van der Waals surface area contributed by atoms with Crippen molar-refractivity contribution in [3.05, 3.63) is 12.2 Å². The molecule has 1 heterocycles. The minimum absolute atomic E-state index is 0.360. The zero-order valence-electron chi connectivity index (χ0n) is 9.45. The van der Waals surface area contributed by atoms with Crippen LogP contribution in [0.2, 0.25) is 0 Å². The molecule has 2 aliphatic rings. The summed E-state index contributed by atoms with van der Waals surface area (Å²) in [5.74, 6) is 1.28. The highest BCUT2D eigenvalue weighted by Crippen LogP contribution is 2.45. The molecule has 15 heavy (non-hydrogen) atoms. The topological polar surface area (TPSA) is 30.7 Å². The molecular formula is C12H19N3. The van der Waals surface area contributed by atoms with E-state index >= 15 is 0 Å². The lowest BCUT2D eigenvalue weighted by Gasteiger charge is -2.26. The first-order valence-corrected chi connectivity index (χ1v) is 6.26. The second-order valence-corrected chi connectivity index (χ2v) is 5.13. The molecule has 0 aliphatic heterocycles. The van der Waals surface area contributed by atoms with Gasteiger partial charge in [0.05, 0.1) is 0 Å². The Morgan fingerprint density at radius 1 is 1.40 bits per heavy atom. The van der Waals surface area contributed by atoms with Crippen LogP contribution in [0.5, 0.6) is 0 Å². The third-order valence-electron chi connectivity index (χ3n) is 4.23. The van der Waals surface area contributed by atoms with E-state index < -0.39 is 0 Å². The molecule has 0 bridgehead atoms. The Balaban J connectivity index is 1.98. The van der Waals surface area contributed by atoms with Gasteiger partial charge in [0.15, 0.2) is 0 Å². The summed E-state index contributed by atoms with van der Waals surface area (Å²) in [6, 6.07) is 0.721. The lowest BCUT2D eigenvalue weighted by molar-refractivity contribution is 0.378. The van der Waals surface area contributed by atoms with Crippen molar-refractivity contribution in [1.29, 1.82) is 0 Å². The molecule has 1 aromatic rings. The Bertz CT molecular complexity index is 346. The minimum atomic E-state index is 0.360. The third-order valence-corrected chi connectivity index (χ3v) is 4.23. The fraction of sp³-hybridized carbons (Fsp3) is 0.833. The standard InChI is InChI=1S/C12H19N3/c1-2-12(7-3-4-8-12)11-14-13-9-15(11)10-5-6-10/h9-10H,2-8H2,1H3. The molecule has 2 saturated carbocycles. The minimum Gasteiger partial charge on any atom is -0.314 e. The summed E-state index contributed by atoms with van der Waals surface area (Å²) in [7, 11) is 0. The fourth-order valence-corrected chi connectivity index (χ4v) is 3.03. The van der Waals surface area contributed by atoms with Crippen molar-refractivity contribution in [3.63, 3.8) is 0 Å². The van der Waals surface area contributed by atoms with Crippen LogP contribution in [0.15, 0.2) is 6.33 Å². The van der Waals surface area contributed by atoms with Crippen LogP contribution in [0.3, 0.4) is 0 Å². The highest BCUT2D eigenvalue weighted by Gasteiger charge is 2.40. The van der Waals surface area contributed by atoms with Gasteiger partial charge in [-0.15, -0.1) is 10.2 Å². The fourth-order valence-electron chi connectivity index (χ4n) is 3.03. The van der Waals surface area contributed by atoms with Gasteiger partial charge in [0.25, 0.3) is 0 Å². The molecule has 3 heteroatoms. The van der Waals surface area contributed by atoms with Crippen LogP contribution >= 0.6 is 0 Å². The van der Waals surface area contributed by atoms with Gasteiger partial charge in [0.2, 0.25) is 0 Å². The third kappa shape index (κ3) is 1.40. The van der Waals surface area contributed by atoms with Crippen LogP contribution in [0, 0.1) is 0 Å². The smallest absolute Gasteiger partial charge is 0.139 e. The lowest BCUT2D eigenvalue weighted by Crippen LogP contribution is -2.25. The summed E-state index contributed by atoms with van der Waals surface area (Å²) in [6.45, 7) is 2.30. The molecule has 0 spiro atoms. The van der Waals surface area contributed by atoms with E-state index in [1.807, 2.05) is 6.33 Å². The van der Waals surface area contributed by atoms with E-state index in [9.17, 15) is 0 Å². The van der Waals surface area contributed by atoms with E-state index in [2.05, 4.69) is 21.7 Å². The van der Waals surface area contributed by atoms with E-state index in [1.165, 1.54) is 50.8 Å². The van der Waals surface area contributed by atoms with Gasteiger partial charge in [-0.25, -0.2) is 0 Å². The van der Waals surface area contributed by atoms with E-state index in [0.29, 0.717) is 5.41 Å². The molecule has 3 rings (SSSR count). The van der Waals surface area contributed by atoms with E-state index in [-0.39, 0.29) is 0 Å². The van der Waals surface area contributed by atoms with Crippen molar-refractivity contribution in [2.75, 3.05) is 0 Å². The van der Waals surface area contributed by atoms with Crippen LogP contribution in [-0.2, 0) is 5.41 Å². The van der Waals surface area contributed by atoms with E-state index in [4.69, 9.17) is 0 Å². The van der Waals surface area contributed by atoms with Crippen LogP contribution < -0.4 is 0 Å². The van der Waals surface area contributed by atoms with Gasteiger partial charge >= 0.3 is 0 Å². The molecule has 0 saturated heterocycles. The largest absolute Gasteiger partial charge is 0.314 e. The highest BCUT2D eigenvalue weighted by molar-refractivity contribution is 5.12. The zero-order chi connectivity index (χ0) is 10.3. The van der Waals surface area contributed by atoms with Crippen LogP contribution in [0.1, 0.15) is 63.7 Å². The van der Waals surface area contributed by atoms with Gasteiger partial charge < -0.3 is 4.57 Å². The Hall–Kier alpha value is -0.860. The molecule has 2 aliphatic carbocycles. The van der Waals surface area contributed by atoms with Gasteiger partial charge in [0.1, 0.15) is 12.2 Å². The van der Waals surface area contributed by atoms with Crippen LogP contribution in [0.4, 0.5) is 0 Å². The molecule has 0 amide bonds. The predicted molar refractivity (Wildman–Crippen MR) is 58.7 cm³/mol. The molecule has 0 aromatic carbocycles. The number of hydrogen-bond donors (Lipinski definition) is 0. The Morgan fingerprint density at radius 2 is 2.13 bits per heavy atom. The number of aromatic nitrogens is 3. The summed E-state index contributed by atoms with van der Waals surface area (Å²) in [4.78, 5) is 0. The number of rotatable bonds is 3. The van der Waals surface area contributed by atoms with Gasteiger partial charge in [-0.1, -0.05) is 19.8 Å². The second kappa shape index (κ2) is 3.32. The molecule has 82 valence electrons. The van der Waals surface area contributed by atoms with Gasteiger partial charge in [0, 0.05) is 11.5 Å². The molecule has 2 fully saturated rings.